The van der Waals surface area contributed by atoms with Gasteiger partial charge in [0.05, 0.1) is 6.42 Å². The van der Waals surface area contributed by atoms with Crippen LogP contribution < -0.4 is 0 Å². The van der Waals surface area contributed by atoms with E-state index in [9.17, 15) is 15.0 Å². The largest absolute Gasteiger partial charge is 0.481 e. The molecule has 4 nitrogen and oxygen atoms in total. The van der Waals surface area contributed by atoms with Crippen molar-refractivity contribution in [3.05, 3.63) is 41.5 Å². The number of benzene rings is 1. The molecule has 4 heteroatoms. The molecule has 0 saturated carbocycles. The summed E-state index contributed by atoms with van der Waals surface area (Å²) in [6.45, 7) is 2.81. The van der Waals surface area contributed by atoms with Crippen LogP contribution in [0.25, 0.3) is 6.08 Å². The molecule has 0 heterocycles. The number of fused-ring (bicyclic) bond motifs is 1. The summed E-state index contributed by atoms with van der Waals surface area (Å²) in [5, 5.41) is 20.6. The van der Waals surface area contributed by atoms with Crippen molar-refractivity contribution in [3.8, 4) is 0 Å². The third-order valence-electron chi connectivity index (χ3n) is 7.06. The van der Waals surface area contributed by atoms with Crippen molar-refractivity contribution in [1.82, 2.24) is 0 Å². The highest BCUT2D eigenvalue weighted by Crippen LogP contribution is 2.38. The predicted molar refractivity (Wildman–Crippen MR) is 141 cm³/mol. The summed E-state index contributed by atoms with van der Waals surface area (Å²) < 4.78 is 5.98. The number of rotatable bonds is 20. The number of carboxylic acid groups (broad SMARTS) is 1. The topological polar surface area (TPSA) is 66.8 Å². The zero-order valence-corrected chi connectivity index (χ0v) is 21.5. The van der Waals surface area contributed by atoms with Crippen LogP contribution in [0.4, 0.5) is 0 Å². The molecule has 1 aromatic rings. The fourth-order valence-corrected chi connectivity index (χ4v) is 5.02. The SMILES string of the molecule is CCCCCCCCCCCCCCCCCCOC1C=Cc2ccccc2C1(O)CC(=O)O. The highest BCUT2D eigenvalue weighted by molar-refractivity contribution is 5.71. The second-order valence-corrected chi connectivity index (χ2v) is 10.0. The van der Waals surface area contributed by atoms with E-state index in [1.807, 2.05) is 24.3 Å². The zero-order valence-electron chi connectivity index (χ0n) is 21.5. The first kappa shape index (κ1) is 28.6. The van der Waals surface area contributed by atoms with Gasteiger partial charge in [-0.1, -0.05) is 140 Å². The van der Waals surface area contributed by atoms with E-state index in [4.69, 9.17) is 4.74 Å². The Morgan fingerprint density at radius 3 is 1.85 bits per heavy atom. The summed E-state index contributed by atoms with van der Waals surface area (Å²) >= 11 is 0. The second-order valence-electron chi connectivity index (χ2n) is 10.0. The van der Waals surface area contributed by atoms with Crippen LogP contribution in [0, 0.1) is 0 Å². The number of aliphatic carboxylic acids is 1. The first-order valence-corrected chi connectivity index (χ1v) is 13.9. The summed E-state index contributed by atoms with van der Waals surface area (Å²) in [7, 11) is 0. The Bertz CT molecular complexity index is 714. The molecule has 0 bridgehead atoms. The predicted octanol–water partition coefficient (Wildman–Crippen LogP) is 8.02. The standard InChI is InChI=1S/C30H48O4/c1-2-3-4-5-6-7-8-9-10-11-12-13-14-15-16-19-24-34-28-23-22-26-20-17-18-21-27(26)30(28,33)25-29(31)32/h17-18,20-23,28,33H,2-16,19,24-25H2,1H3,(H,31,32). The lowest BCUT2D eigenvalue weighted by molar-refractivity contribution is -0.151. The average Bonchev–Trinajstić information content (AvgIpc) is 2.82. The van der Waals surface area contributed by atoms with Gasteiger partial charge in [-0.3, -0.25) is 4.79 Å². The summed E-state index contributed by atoms with van der Waals surface area (Å²) in [5.41, 5.74) is -0.0305. The Kier molecular flexibility index (Phi) is 14.2. The highest BCUT2D eigenvalue weighted by atomic mass is 16.5. The lowest BCUT2D eigenvalue weighted by Gasteiger charge is -2.37. The van der Waals surface area contributed by atoms with Crippen LogP contribution in [0.5, 0.6) is 0 Å². The summed E-state index contributed by atoms with van der Waals surface area (Å²) in [5.74, 6) is -1.02. The van der Waals surface area contributed by atoms with Crippen LogP contribution in [0.1, 0.15) is 127 Å². The van der Waals surface area contributed by atoms with Crippen molar-refractivity contribution >= 4 is 12.0 Å². The Morgan fingerprint density at radius 2 is 1.32 bits per heavy atom. The first-order valence-electron chi connectivity index (χ1n) is 13.9. The Morgan fingerprint density at radius 1 is 0.824 bits per heavy atom. The van der Waals surface area contributed by atoms with Crippen molar-refractivity contribution in [1.29, 1.82) is 0 Å². The molecular formula is C30H48O4. The van der Waals surface area contributed by atoms with Crippen LogP contribution >= 0.6 is 0 Å². The number of aliphatic hydroxyl groups is 1. The Balaban J connectivity index is 1.49. The fraction of sp³-hybridized carbons (Fsp3) is 0.700. The molecule has 2 N–H and O–H groups in total. The van der Waals surface area contributed by atoms with Crippen LogP contribution in [-0.2, 0) is 15.1 Å². The van der Waals surface area contributed by atoms with E-state index in [-0.39, 0.29) is 6.42 Å². The van der Waals surface area contributed by atoms with Gasteiger partial charge in [0.25, 0.3) is 0 Å². The van der Waals surface area contributed by atoms with E-state index in [1.165, 1.54) is 89.9 Å². The molecule has 0 aliphatic heterocycles. The van der Waals surface area contributed by atoms with E-state index < -0.39 is 17.7 Å². The molecule has 2 atom stereocenters. The van der Waals surface area contributed by atoms with E-state index in [2.05, 4.69) is 6.92 Å². The van der Waals surface area contributed by atoms with E-state index in [0.717, 1.165) is 18.4 Å². The maximum atomic E-state index is 11.4. The van der Waals surface area contributed by atoms with Crippen molar-refractivity contribution < 1.29 is 19.7 Å². The molecule has 34 heavy (non-hydrogen) atoms. The normalized spacial score (nSPS) is 19.3. The number of unbranched alkanes of at least 4 members (excludes halogenated alkanes) is 15. The molecular weight excluding hydrogens is 424 g/mol. The molecule has 2 unspecified atom stereocenters. The number of carbonyl (C=O) groups is 1. The van der Waals surface area contributed by atoms with Crippen LogP contribution in [-0.4, -0.2) is 28.9 Å². The fourth-order valence-electron chi connectivity index (χ4n) is 5.02. The molecule has 1 aliphatic carbocycles. The molecule has 0 radical (unpaired) electrons. The van der Waals surface area contributed by atoms with Gasteiger partial charge in [0.1, 0.15) is 11.7 Å². The van der Waals surface area contributed by atoms with Crippen LogP contribution in [0.2, 0.25) is 0 Å². The second kappa shape index (κ2) is 16.9. The molecule has 1 aromatic carbocycles. The van der Waals surface area contributed by atoms with E-state index >= 15 is 0 Å². The Hall–Kier alpha value is -1.65. The molecule has 0 amide bonds. The minimum atomic E-state index is -1.52. The van der Waals surface area contributed by atoms with E-state index in [1.54, 1.807) is 12.1 Å². The molecule has 0 fully saturated rings. The molecule has 0 saturated heterocycles. The van der Waals surface area contributed by atoms with Gasteiger partial charge in [-0.15, -0.1) is 0 Å². The van der Waals surface area contributed by atoms with Gasteiger partial charge in [0.2, 0.25) is 0 Å². The zero-order chi connectivity index (χ0) is 24.5. The van der Waals surface area contributed by atoms with E-state index in [0.29, 0.717) is 12.2 Å². The van der Waals surface area contributed by atoms with Gasteiger partial charge < -0.3 is 14.9 Å². The maximum Gasteiger partial charge on any atom is 0.306 e. The van der Waals surface area contributed by atoms with Gasteiger partial charge in [0.15, 0.2) is 0 Å². The van der Waals surface area contributed by atoms with Gasteiger partial charge in [0, 0.05) is 6.61 Å². The van der Waals surface area contributed by atoms with Crippen molar-refractivity contribution in [2.24, 2.45) is 0 Å². The van der Waals surface area contributed by atoms with Gasteiger partial charge in [-0.05, 0) is 17.5 Å². The summed E-state index contributed by atoms with van der Waals surface area (Å²) in [6.07, 6.45) is 23.9. The lowest BCUT2D eigenvalue weighted by atomic mass is 9.78. The van der Waals surface area contributed by atoms with Crippen LogP contribution in [0.3, 0.4) is 0 Å². The smallest absolute Gasteiger partial charge is 0.306 e. The maximum absolute atomic E-state index is 11.4. The molecule has 2 rings (SSSR count). The van der Waals surface area contributed by atoms with Crippen LogP contribution in [0.15, 0.2) is 30.3 Å². The Labute approximate surface area is 207 Å². The third kappa shape index (κ3) is 10.3. The third-order valence-corrected chi connectivity index (χ3v) is 7.06. The minimum absolute atomic E-state index is 0.363. The van der Waals surface area contributed by atoms with Gasteiger partial charge in [-0.2, -0.15) is 0 Å². The number of hydrogen-bond donors (Lipinski definition) is 2. The molecule has 0 aromatic heterocycles. The molecule has 1 aliphatic rings. The number of ether oxygens (including phenoxy) is 1. The minimum Gasteiger partial charge on any atom is -0.481 e. The average molecular weight is 473 g/mol. The summed E-state index contributed by atoms with van der Waals surface area (Å²) in [4.78, 5) is 11.4. The van der Waals surface area contributed by atoms with Crippen molar-refractivity contribution in [2.75, 3.05) is 6.61 Å². The first-order chi connectivity index (χ1) is 16.6. The molecule has 192 valence electrons. The summed E-state index contributed by atoms with van der Waals surface area (Å²) in [6, 6.07) is 7.41. The molecule has 0 spiro atoms. The van der Waals surface area contributed by atoms with Gasteiger partial charge in [-0.25, -0.2) is 0 Å². The highest BCUT2D eigenvalue weighted by Gasteiger charge is 2.43. The van der Waals surface area contributed by atoms with Crippen molar-refractivity contribution in [2.45, 2.75) is 128 Å². The monoisotopic (exact) mass is 472 g/mol. The quantitative estimate of drug-likeness (QED) is 0.189. The number of hydrogen-bond acceptors (Lipinski definition) is 3. The van der Waals surface area contributed by atoms with Gasteiger partial charge >= 0.3 is 5.97 Å². The lowest BCUT2D eigenvalue weighted by Crippen LogP contribution is -2.44. The van der Waals surface area contributed by atoms with Crippen molar-refractivity contribution in [3.63, 3.8) is 0 Å². The number of carboxylic acids is 1.